The Labute approximate surface area is 158 Å². The van der Waals surface area contributed by atoms with Gasteiger partial charge < -0.3 is 5.32 Å². The first-order valence-electron chi connectivity index (χ1n) is 8.10. The number of hydrogen-bond donors (Lipinski definition) is 2. The molecule has 0 aromatic heterocycles. The molecule has 4 nitrogen and oxygen atoms in total. The van der Waals surface area contributed by atoms with Crippen LogP contribution in [-0.4, -0.2) is 8.42 Å². The summed E-state index contributed by atoms with van der Waals surface area (Å²) in [5.41, 5.74) is 3.83. The first-order valence-corrected chi connectivity index (χ1v) is 9.96. The number of nitrogens with one attached hydrogen (secondary N) is 2. The molecule has 134 valence electrons. The molecule has 3 rings (SSSR count). The molecule has 26 heavy (non-hydrogen) atoms. The summed E-state index contributed by atoms with van der Waals surface area (Å²) in [5.74, 6) is 0. The summed E-state index contributed by atoms with van der Waals surface area (Å²) in [6, 6.07) is 21.5. The number of sulfonamides is 1. The van der Waals surface area contributed by atoms with Crippen molar-refractivity contribution < 1.29 is 8.42 Å². The van der Waals surface area contributed by atoms with Gasteiger partial charge in [-0.25, -0.2) is 8.42 Å². The smallest absolute Gasteiger partial charge is 0.261 e. The molecule has 0 atom stereocenters. The molecule has 0 radical (unpaired) electrons. The van der Waals surface area contributed by atoms with Gasteiger partial charge in [-0.1, -0.05) is 41.4 Å². The van der Waals surface area contributed by atoms with E-state index >= 15 is 0 Å². The van der Waals surface area contributed by atoms with E-state index in [4.69, 9.17) is 11.6 Å². The zero-order chi connectivity index (χ0) is 18.6. The number of aryl methyl sites for hydroxylation is 1. The molecule has 0 aliphatic heterocycles. The predicted octanol–water partition coefficient (Wildman–Crippen LogP) is 5.06. The van der Waals surface area contributed by atoms with Gasteiger partial charge in [0.25, 0.3) is 10.0 Å². The fraction of sp³-hybridized carbons (Fsp3) is 0.100. The monoisotopic (exact) mass is 386 g/mol. The average Bonchev–Trinajstić information content (AvgIpc) is 2.61. The molecular formula is C20H19ClN2O2S. The van der Waals surface area contributed by atoms with Crippen LogP contribution in [0.5, 0.6) is 0 Å². The molecule has 0 saturated carbocycles. The maximum atomic E-state index is 12.4. The molecule has 3 aromatic rings. The van der Waals surface area contributed by atoms with Gasteiger partial charge >= 0.3 is 0 Å². The Morgan fingerprint density at radius 1 is 0.885 bits per heavy atom. The zero-order valence-electron chi connectivity index (χ0n) is 14.2. The molecule has 2 N–H and O–H groups in total. The Morgan fingerprint density at radius 2 is 1.54 bits per heavy atom. The molecule has 0 fully saturated rings. The second kappa shape index (κ2) is 7.81. The second-order valence-corrected chi connectivity index (χ2v) is 8.10. The van der Waals surface area contributed by atoms with Crippen LogP contribution in [0.25, 0.3) is 0 Å². The summed E-state index contributed by atoms with van der Waals surface area (Å²) in [6.07, 6.45) is 0. The van der Waals surface area contributed by atoms with Gasteiger partial charge in [0.1, 0.15) is 0 Å². The van der Waals surface area contributed by atoms with Gasteiger partial charge in [-0.05, 0) is 61.0 Å². The van der Waals surface area contributed by atoms with Crippen molar-refractivity contribution in [3.8, 4) is 0 Å². The number of hydrogen-bond acceptors (Lipinski definition) is 3. The third kappa shape index (κ3) is 4.77. The highest BCUT2D eigenvalue weighted by Crippen LogP contribution is 2.20. The minimum atomic E-state index is -3.63. The predicted molar refractivity (Wildman–Crippen MR) is 107 cm³/mol. The fourth-order valence-corrected chi connectivity index (χ4v) is 3.69. The highest BCUT2D eigenvalue weighted by atomic mass is 35.5. The molecule has 0 amide bonds. The molecule has 3 aromatic carbocycles. The maximum Gasteiger partial charge on any atom is 0.261 e. The Morgan fingerprint density at radius 3 is 2.19 bits per heavy atom. The van der Waals surface area contributed by atoms with Crippen LogP contribution in [0.3, 0.4) is 0 Å². The van der Waals surface area contributed by atoms with Crippen LogP contribution in [0.1, 0.15) is 11.1 Å². The highest BCUT2D eigenvalue weighted by Gasteiger charge is 2.13. The van der Waals surface area contributed by atoms with Crippen molar-refractivity contribution in [2.45, 2.75) is 18.4 Å². The van der Waals surface area contributed by atoms with E-state index in [1.54, 1.807) is 24.3 Å². The van der Waals surface area contributed by atoms with E-state index in [2.05, 4.69) is 35.2 Å². The van der Waals surface area contributed by atoms with E-state index in [1.807, 2.05) is 18.2 Å². The largest absolute Gasteiger partial charge is 0.381 e. The van der Waals surface area contributed by atoms with Crippen LogP contribution >= 0.6 is 11.6 Å². The molecule has 0 saturated heterocycles. The second-order valence-electron chi connectivity index (χ2n) is 5.98. The van der Waals surface area contributed by atoms with Gasteiger partial charge in [-0.2, -0.15) is 0 Å². The van der Waals surface area contributed by atoms with Crippen LogP contribution in [0, 0.1) is 6.92 Å². The van der Waals surface area contributed by atoms with E-state index in [0.29, 0.717) is 17.3 Å². The summed E-state index contributed by atoms with van der Waals surface area (Å²) >= 11 is 5.80. The average molecular weight is 387 g/mol. The first-order chi connectivity index (χ1) is 12.4. The lowest BCUT2D eigenvalue weighted by Crippen LogP contribution is -2.12. The number of rotatable bonds is 6. The summed E-state index contributed by atoms with van der Waals surface area (Å²) in [6.45, 7) is 2.77. The Bertz CT molecular complexity index is 985. The summed E-state index contributed by atoms with van der Waals surface area (Å²) in [4.78, 5) is 0.170. The van der Waals surface area contributed by atoms with Gasteiger partial charge in [-0.3, -0.25) is 4.72 Å². The van der Waals surface area contributed by atoms with Gasteiger partial charge in [0.05, 0.1) is 4.90 Å². The summed E-state index contributed by atoms with van der Waals surface area (Å²) in [5, 5.41) is 3.82. The van der Waals surface area contributed by atoms with Crippen molar-refractivity contribution in [3.05, 3.63) is 88.9 Å². The van der Waals surface area contributed by atoms with E-state index in [-0.39, 0.29) is 4.90 Å². The lowest BCUT2D eigenvalue weighted by Gasteiger charge is -2.10. The van der Waals surface area contributed by atoms with Crippen LogP contribution in [0.15, 0.2) is 77.7 Å². The van der Waals surface area contributed by atoms with Gasteiger partial charge in [0.2, 0.25) is 0 Å². The molecule has 0 aliphatic carbocycles. The highest BCUT2D eigenvalue weighted by molar-refractivity contribution is 7.92. The molecule has 0 heterocycles. The quantitative estimate of drug-likeness (QED) is 0.622. The van der Waals surface area contributed by atoms with E-state index in [1.165, 1.54) is 23.3 Å². The third-order valence-electron chi connectivity index (χ3n) is 3.84. The Balaban J connectivity index is 1.64. The third-order valence-corrected chi connectivity index (χ3v) is 5.49. The minimum absolute atomic E-state index is 0.170. The van der Waals surface area contributed by atoms with Gasteiger partial charge in [0, 0.05) is 22.9 Å². The Hall–Kier alpha value is -2.50. The molecule has 6 heteroatoms. The van der Waals surface area contributed by atoms with Crippen LogP contribution in [0.4, 0.5) is 11.4 Å². The topological polar surface area (TPSA) is 58.2 Å². The lowest BCUT2D eigenvalue weighted by molar-refractivity contribution is 0.601. The molecule has 0 unspecified atom stereocenters. The van der Waals surface area contributed by atoms with Gasteiger partial charge in [-0.15, -0.1) is 0 Å². The SMILES string of the molecule is Cc1cccc(CNc2ccc(NS(=O)(=O)c3ccc(Cl)cc3)cc2)c1. The van der Waals surface area contributed by atoms with Gasteiger partial charge in [0.15, 0.2) is 0 Å². The number of anilines is 2. The molecular weight excluding hydrogens is 368 g/mol. The number of benzene rings is 3. The fourth-order valence-electron chi connectivity index (χ4n) is 2.51. The van der Waals surface area contributed by atoms with Crippen LogP contribution < -0.4 is 10.0 Å². The van der Waals surface area contributed by atoms with Crippen LogP contribution in [0.2, 0.25) is 5.02 Å². The van der Waals surface area contributed by atoms with Crippen molar-refractivity contribution in [1.29, 1.82) is 0 Å². The first kappa shape index (κ1) is 18.3. The van der Waals surface area contributed by atoms with Crippen LogP contribution in [-0.2, 0) is 16.6 Å². The van der Waals surface area contributed by atoms with Crippen molar-refractivity contribution in [1.82, 2.24) is 0 Å². The van der Waals surface area contributed by atoms with E-state index in [9.17, 15) is 8.42 Å². The normalized spacial score (nSPS) is 11.2. The van der Waals surface area contributed by atoms with Crippen molar-refractivity contribution in [2.24, 2.45) is 0 Å². The van der Waals surface area contributed by atoms with E-state index in [0.717, 1.165) is 5.69 Å². The standard InChI is InChI=1S/C20H19ClN2O2S/c1-15-3-2-4-16(13-15)14-22-18-7-9-19(10-8-18)23-26(24,25)20-11-5-17(21)6-12-20/h2-13,22-23H,14H2,1H3. The lowest BCUT2D eigenvalue weighted by atomic mass is 10.1. The van der Waals surface area contributed by atoms with Crippen molar-refractivity contribution in [2.75, 3.05) is 10.0 Å². The number of halogens is 1. The van der Waals surface area contributed by atoms with Crippen molar-refractivity contribution in [3.63, 3.8) is 0 Å². The van der Waals surface area contributed by atoms with E-state index < -0.39 is 10.0 Å². The van der Waals surface area contributed by atoms with Crippen molar-refractivity contribution >= 4 is 33.0 Å². The Kier molecular flexibility index (Phi) is 5.49. The molecule has 0 spiro atoms. The zero-order valence-corrected chi connectivity index (χ0v) is 15.8. The summed E-state index contributed by atoms with van der Waals surface area (Å²) < 4.78 is 27.3. The maximum absolute atomic E-state index is 12.4. The molecule has 0 bridgehead atoms. The minimum Gasteiger partial charge on any atom is -0.381 e. The molecule has 0 aliphatic rings. The summed E-state index contributed by atoms with van der Waals surface area (Å²) in [7, 11) is -3.63.